The third-order valence-electron chi connectivity index (χ3n) is 3.04. The highest BCUT2D eigenvalue weighted by molar-refractivity contribution is 7.18. The van der Waals surface area contributed by atoms with Crippen LogP contribution in [0.5, 0.6) is 5.88 Å². The molecule has 4 nitrogen and oxygen atoms in total. The lowest BCUT2D eigenvalue weighted by Crippen LogP contribution is -2.02. The van der Waals surface area contributed by atoms with Crippen LogP contribution in [0.1, 0.15) is 5.56 Å². The Kier molecular flexibility index (Phi) is 4.12. The van der Waals surface area contributed by atoms with Gasteiger partial charge in [-0.15, -0.1) is 0 Å². The molecule has 0 spiro atoms. The van der Waals surface area contributed by atoms with Crippen LogP contribution in [0.2, 0.25) is 0 Å². The van der Waals surface area contributed by atoms with Crippen molar-refractivity contribution in [3.05, 3.63) is 60.4 Å². The van der Waals surface area contributed by atoms with E-state index in [9.17, 15) is 0 Å². The van der Waals surface area contributed by atoms with Gasteiger partial charge in [-0.05, 0) is 11.6 Å². The predicted molar refractivity (Wildman–Crippen MR) is 85.7 cm³/mol. The van der Waals surface area contributed by atoms with Crippen molar-refractivity contribution in [3.63, 3.8) is 0 Å². The average Bonchev–Trinajstić information content (AvgIpc) is 3.03. The smallest absolute Gasteiger partial charge is 0.218 e. The van der Waals surface area contributed by atoms with E-state index in [0.29, 0.717) is 12.4 Å². The minimum Gasteiger partial charge on any atom is -0.481 e. The van der Waals surface area contributed by atoms with Crippen LogP contribution < -0.4 is 10.1 Å². The summed E-state index contributed by atoms with van der Waals surface area (Å²) in [5.41, 5.74) is 2.19. The maximum Gasteiger partial charge on any atom is 0.218 e. The second kappa shape index (κ2) is 6.37. The minimum atomic E-state index is 0.638. The molecule has 0 aliphatic heterocycles. The second-order valence-corrected chi connectivity index (χ2v) is 5.45. The molecule has 1 N–H and O–H groups in total. The molecular weight excluding hydrogens is 282 g/mol. The first-order valence-electron chi connectivity index (χ1n) is 6.60. The number of nitrogens with one attached hydrogen (secondary N) is 1. The van der Waals surface area contributed by atoms with Crippen LogP contribution in [-0.4, -0.2) is 17.1 Å². The summed E-state index contributed by atoms with van der Waals surface area (Å²) in [7, 11) is 1.63. The van der Waals surface area contributed by atoms with E-state index in [1.165, 1.54) is 5.56 Å². The van der Waals surface area contributed by atoms with E-state index < -0.39 is 0 Å². The van der Waals surface area contributed by atoms with E-state index in [2.05, 4.69) is 27.4 Å². The van der Waals surface area contributed by atoms with Gasteiger partial charge in [-0.25, -0.2) is 9.97 Å². The van der Waals surface area contributed by atoms with Crippen molar-refractivity contribution in [2.24, 2.45) is 0 Å². The fourth-order valence-corrected chi connectivity index (χ4v) is 2.82. The molecule has 106 valence electrons. The Morgan fingerprint density at radius 1 is 1.10 bits per heavy atom. The standard InChI is InChI=1S/C16H15N3OS/c1-20-15-13(8-5-9-17-15)10-18-16-19-11-14(21-16)12-6-3-2-4-7-12/h2-9,11H,10H2,1H3,(H,18,19). The van der Waals surface area contributed by atoms with Crippen molar-refractivity contribution in [3.8, 4) is 16.3 Å². The summed E-state index contributed by atoms with van der Waals surface area (Å²) in [5.74, 6) is 0.643. The van der Waals surface area contributed by atoms with Gasteiger partial charge in [0.05, 0.1) is 12.0 Å². The van der Waals surface area contributed by atoms with E-state index in [1.807, 2.05) is 36.5 Å². The zero-order valence-corrected chi connectivity index (χ0v) is 12.4. The maximum absolute atomic E-state index is 5.24. The van der Waals surface area contributed by atoms with Gasteiger partial charge >= 0.3 is 0 Å². The number of hydrogen-bond acceptors (Lipinski definition) is 5. The quantitative estimate of drug-likeness (QED) is 0.777. The van der Waals surface area contributed by atoms with Crippen molar-refractivity contribution in [2.45, 2.75) is 6.54 Å². The average molecular weight is 297 g/mol. The Bertz CT molecular complexity index is 712. The molecule has 3 aromatic rings. The largest absolute Gasteiger partial charge is 0.481 e. The lowest BCUT2D eigenvalue weighted by atomic mass is 10.2. The van der Waals surface area contributed by atoms with E-state index in [0.717, 1.165) is 15.6 Å². The molecule has 0 aliphatic carbocycles. The molecule has 2 heterocycles. The zero-order chi connectivity index (χ0) is 14.5. The molecule has 21 heavy (non-hydrogen) atoms. The monoisotopic (exact) mass is 297 g/mol. The Balaban J connectivity index is 1.71. The molecule has 0 unspecified atom stereocenters. The molecule has 2 aromatic heterocycles. The number of ether oxygens (including phenoxy) is 1. The Hall–Kier alpha value is -2.40. The number of aromatic nitrogens is 2. The molecular formula is C16H15N3OS. The summed E-state index contributed by atoms with van der Waals surface area (Å²) in [6.45, 7) is 0.638. The fourth-order valence-electron chi connectivity index (χ4n) is 2.01. The summed E-state index contributed by atoms with van der Waals surface area (Å²) >= 11 is 1.64. The van der Waals surface area contributed by atoms with Crippen molar-refractivity contribution in [1.82, 2.24) is 9.97 Å². The van der Waals surface area contributed by atoms with Gasteiger partial charge < -0.3 is 10.1 Å². The highest BCUT2D eigenvalue weighted by Crippen LogP contribution is 2.29. The lowest BCUT2D eigenvalue weighted by Gasteiger charge is -2.07. The molecule has 0 aliphatic rings. The van der Waals surface area contributed by atoms with E-state index in [4.69, 9.17) is 4.74 Å². The van der Waals surface area contributed by atoms with Gasteiger partial charge in [-0.1, -0.05) is 47.7 Å². The maximum atomic E-state index is 5.24. The summed E-state index contributed by atoms with van der Waals surface area (Å²) in [6, 6.07) is 14.1. The van der Waals surface area contributed by atoms with Gasteiger partial charge in [0, 0.05) is 24.5 Å². The van der Waals surface area contributed by atoms with E-state index >= 15 is 0 Å². The van der Waals surface area contributed by atoms with Crippen molar-refractivity contribution in [1.29, 1.82) is 0 Å². The van der Waals surface area contributed by atoms with Crippen molar-refractivity contribution < 1.29 is 4.74 Å². The number of anilines is 1. The molecule has 0 amide bonds. The first-order valence-corrected chi connectivity index (χ1v) is 7.41. The van der Waals surface area contributed by atoms with Crippen LogP contribution in [0.3, 0.4) is 0 Å². The molecule has 0 saturated carbocycles. The van der Waals surface area contributed by atoms with Gasteiger partial charge in [0.25, 0.3) is 0 Å². The van der Waals surface area contributed by atoms with Gasteiger partial charge in [0.1, 0.15) is 0 Å². The molecule has 5 heteroatoms. The number of nitrogens with zero attached hydrogens (tertiary/aromatic N) is 2. The van der Waals surface area contributed by atoms with Crippen LogP contribution in [0.15, 0.2) is 54.9 Å². The van der Waals surface area contributed by atoms with Crippen LogP contribution in [0.25, 0.3) is 10.4 Å². The molecule has 0 fully saturated rings. The summed E-state index contributed by atoms with van der Waals surface area (Å²) in [4.78, 5) is 9.74. The predicted octanol–water partition coefficient (Wildman–Crippen LogP) is 3.83. The number of methoxy groups -OCH3 is 1. The van der Waals surface area contributed by atoms with Crippen LogP contribution in [-0.2, 0) is 6.54 Å². The lowest BCUT2D eigenvalue weighted by molar-refractivity contribution is 0.393. The van der Waals surface area contributed by atoms with E-state index in [1.54, 1.807) is 24.6 Å². The first kappa shape index (κ1) is 13.6. The number of thiazole rings is 1. The van der Waals surface area contributed by atoms with Gasteiger partial charge in [-0.3, -0.25) is 0 Å². The number of benzene rings is 1. The molecule has 0 bridgehead atoms. The molecule has 0 radical (unpaired) electrons. The Labute approximate surface area is 127 Å². The number of rotatable bonds is 5. The third kappa shape index (κ3) is 3.20. The number of pyridine rings is 1. The van der Waals surface area contributed by atoms with Crippen molar-refractivity contribution in [2.75, 3.05) is 12.4 Å². The SMILES string of the molecule is COc1ncccc1CNc1ncc(-c2ccccc2)s1. The van der Waals surface area contributed by atoms with Crippen LogP contribution >= 0.6 is 11.3 Å². The molecule has 0 atom stereocenters. The highest BCUT2D eigenvalue weighted by atomic mass is 32.1. The van der Waals surface area contributed by atoms with Gasteiger partial charge in [-0.2, -0.15) is 0 Å². The molecule has 3 rings (SSSR count). The highest BCUT2D eigenvalue weighted by Gasteiger charge is 2.06. The van der Waals surface area contributed by atoms with Gasteiger partial charge in [0.2, 0.25) is 5.88 Å². The van der Waals surface area contributed by atoms with Crippen LogP contribution in [0, 0.1) is 0 Å². The van der Waals surface area contributed by atoms with Crippen LogP contribution in [0.4, 0.5) is 5.13 Å². The summed E-state index contributed by atoms with van der Waals surface area (Å²) < 4.78 is 5.24. The first-order chi connectivity index (χ1) is 10.4. The second-order valence-electron chi connectivity index (χ2n) is 4.42. The summed E-state index contributed by atoms with van der Waals surface area (Å²) in [6.07, 6.45) is 3.61. The Morgan fingerprint density at radius 3 is 2.76 bits per heavy atom. The molecule has 0 saturated heterocycles. The summed E-state index contributed by atoms with van der Waals surface area (Å²) in [5, 5.41) is 4.20. The fraction of sp³-hybridized carbons (Fsp3) is 0.125. The minimum absolute atomic E-state index is 0.638. The van der Waals surface area contributed by atoms with Crippen molar-refractivity contribution >= 4 is 16.5 Å². The normalized spacial score (nSPS) is 10.3. The van der Waals surface area contributed by atoms with E-state index in [-0.39, 0.29) is 0 Å². The Morgan fingerprint density at radius 2 is 1.95 bits per heavy atom. The topological polar surface area (TPSA) is 47.0 Å². The zero-order valence-electron chi connectivity index (χ0n) is 11.6. The third-order valence-corrected chi connectivity index (χ3v) is 4.04. The van der Waals surface area contributed by atoms with Gasteiger partial charge in [0.15, 0.2) is 5.13 Å². The number of hydrogen-bond donors (Lipinski definition) is 1. The molecule has 1 aromatic carbocycles.